The number of aliphatic carboxylic acids is 2. The lowest BCUT2D eigenvalue weighted by atomic mass is 10.0. The Morgan fingerprint density at radius 2 is 0.822 bits per heavy atom. The number of hydrogen-bond donors (Lipinski definition) is 4. The van der Waals surface area contributed by atoms with Crippen molar-refractivity contribution in [3.05, 3.63) is 24.3 Å². The molecule has 0 aliphatic carbocycles. The van der Waals surface area contributed by atoms with Crippen LogP contribution in [-0.2, 0) is 9.59 Å². The van der Waals surface area contributed by atoms with Crippen LogP contribution >= 0.6 is 0 Å². The van der Waals surface area contributed by atoms with Crippen molar-refractivity contribution < 1.29 is 19.8 Å². The van der Waals surface area contributed by atoms with Crippen LogP contribution in [0.15, 0.2) is 24.3 Å². The molecule has 0 saturated carbocycles. The van der Waals surface area contributed by atoms with Crippen LogP contribution in [0.3, 0.4) is 0 Å². The highest BCUT2D eigenvalue weighted by Gasteiger charge is 2.12. The predicted molar refractivity (Wildman–Crippen MR) is 193 cm³/mol. The summed E-state index contributed by atoms with van der Waals surface area (Å²) in [4.78, 5) is 21.0. The van der Waals surface area contributed by atoms with Crippen molar-refractivity contribution in [1.29, 1.82) is 0 Å². The van der Waals surface area contributed by atoms with E-state index in [1.54, 1.807) is 0 Å². The fraction of sp³-hybridized carbons (Fsp3) is 0.846. The zero-order valence-corrected chi connectivity index (χ0v) is 29.5. The summed E-state index contributed by atoms with van der Waals surface area (Å²) >= 11 is 0. The molecule has 6 heteroatoms. The van der Waals surface area contributed by atoms with E-state index in [2.05, 4.69) is 36.5 Å². The molecule has 0 saturated heterocycles. The van der Waals surface area contributed by atoms with Crippen LogP contribution in [0.5, 0.6) is 0 Å². The number of nitrogens with one attached hydrogen (secondary N) is 1. The number of hydrogen-bond acceptors (Lipinski definition) is 4. The van der Waals surface area contributed by atoms with E-state index in [0.29, 0.717) is 18.9 Å². The van der Waals surface area contributed by atoms with Gasteiger partial charge in [0.2, 0.25) is 0 Å². The van der Waals surface area contributed by atoms with Crippen molar-refractivity contribution >= 4 is 11.9 Å². The number of carboxylic acids is 2. The fourth-order valence-electron chi connectivity index (χ4n) is 5.88. The lowest BCUT2D eigenvalue weighted by Crippen LogP contribution is -2.43. The van der Waals surface area contributed by atoms with Crippen LogP contribution in [0.25, 0.3) is 0 Å². The van der Waals surface area contributed by atoms with E-state index in [1.807, 2.05) is 0 Å². The van der Waals surface area contributed by atoms with Gasteiger partial charge in [0.15, 0.2) is 0 Å². The van der Waals surface area contributed by atoms with Crippen LogP contribution in [0.4, 0.5) is 0 Å². The molecular formula is C39H74N2O4. The Morgan fingerprint density at radius 1 is 0.511 bits per heavy atom. The molecule has 5 N–H and O–H groups in total. The molecule has 2 atom stereocenters. The first-order valence-corrected chi connectivity index (χ1v) is 19.2. The Bertz CT molecular complexity index is 707. The number of carboxylic acid groups (broad SMARTS) is 2. The van der Waals surface area contributed by atoms with E-state index < -0.39 is 11.9 Å². The van der Waals surface area contributed by atoms with Crippen molar-refractivity contribution in [3.8, 4) is 0 Å². The van der Waals surface area contributed by atoms with Crippen molar-refractivity contribution in [3.63, 3.8) is 0 Å². The topological polar surface area (TPSA) is 113 Å². The normalized spacial score (nSPS) is 13.2. The maximum absolute atomic E-state index is 10.5. The number of nitrogens with two attached hydrogens (primary N) is 1. The van der Waals surface area contributed by atoms with Crippen LogP contribution in [0.1, 0.15) is 193 Å². The van der Waals surface area contributed by atoms with Gasteiger partial charge in [-0.25, -0.2) is 0 Å². The van der Waals surface area contributed by atoms with E-state index in [1.165, 1.54) is 122 Å². The van der Waals surface area contributed by atoms with E-state index in [-0.39, 0.29) is 6.04 Å². The van der Waals surface area contributed by atoms with Crippen molar-refractivity contribution in [2.75, 3.05) is 6.54 Å². The largest absolute Gasteiger partial charge is 0.481 e. The third kappa shape index (κ3) is 36.7. The zero-order chi connectivity index (χ0) is 33.1. The maximum atomic E-state index is 10.5. The van der Waals surface area contributed by atoms with Crippen LogP contribution in [0.2, 0.25) is 0 Å². The van der Waals surface area contributed by atoms with Gasteiger partial charge in [0, 0.05) is 24.9 Å². The smallest absolute Gasteiger partial charge is 0.303 e. The van der Waals surface area contributed by atoms with Gasteiger partial charge in [0.05, 0.1) is 0 Å². The highest BCUT2D eigenvalue weighted by Crippen LogP contribution is 2.13. The molecule has 6 nitrogen and oxygen atoms in total. The third-order valence-electron chi connectivity index (χ3n) is 8.83. The minimum atomic E-state index is -0.673. The number of unbranched alkanes of at least 4 members (excludes halogenated alkanes) is 22. The summed E-state index contributed by atoms with van der Waals surface area (Å²) in [5, 5.41) is 21.0. The summed E-state index contributed by atoms with van der Waals surface area (Å²) in [5.74, 6) is -1.35. The van der Waals surface area contributed by atoms with Crippen molar-refractivity contribution in [2.45, 2.75) is 205 Å². The average Bonchev–Trinajstić information content (AvgIpc) is 3.00. The quantitative estimate of drug-likeness (QED) is 0.0403. The van der Waals surface area contributed by atoms with Gasteiger partial charge in [-0.1, -0.05) is 121 Å². The number of carbonyl (C=O) groups is 2. The molecule has 0 bridgehead atoms. The standard InChI is InChI=1S/C39H74N2O4/c1-36(40)37(32-28-24-20-16-12-8-4-2-5-9-13-17-21-25-29-33-38(42)43)41-35-31-27-23-19-15-11-7-3-6-10-14-18-22-26-30-34-39(44)45/h2-3,5-6,36-37,41H,4,7-35,40H2,1H3,(H,42,43)(H,44,45)/b5-2-,6-3-. The Labute approximate surface area is 278 Å². The Hall–Kier alpha value is -1.66. The molecule has 0 spiro atoms. The van der Waals surface area contributed by atoms with Gasteiger partial charge in [-0.3, -0.25) is 9.59 Å². The van der Waals surface area contributed by atoms with Crippen LogP contribution < -0.4 is 11.1 Å². The lowest BCUT2D eigenvalue weighted by molar-refractivity contribution is -0.138. The minimum absolute atomic E-state index is 0.214. The van der Waals surface area contributed by atoms with Gasteiger partial charge < -0.3 is 21.3 Å². The predicted octanol–water partition coefficient (Wildman–Crippen LogP) is 10.9. The summed E-state index contributed by atoms with van der Waals surface area (Å²) in [5.41, 5.74) is 6.28. The summed E-state index contributed by atoms with van der Waals surface area (Å²) in [7, 11) is 0. The molecule has 0 rings (SSSR count). The summed E-state index contributed by atoms with van der Waals surface area (Å²) < 4.78 is 0. The summed E-state index contributed by atoms with van der Waals surface area (Å²) in [6.45, 7) is 3.24. The van der Waals surface area contributed by atoms with Crippen LogP contribution in [-0.4, -0.2) is 40.8 Å². The first-order chi connectivity index (χ1) is 21.9. The highest BCUT2D eigenvalue weighted by atomic mass is 16.4. The van der Waals surface area contributed by atoms with Crippen molar-refractivity contribution in [1.82, 2.24) is 5.32 Å². The molecule has 0 aromatic heterocycles. The first kappa shape index (κ1) is 43.3. The molecule has 0 aliphatic heterocycles. The Morgan fingerprint density at radius 3 is 1.18 bits per heavy atom. The second-order valence-corrected chi connectivity index (χ2v) is 13.4. The van der Waals surface area contributed by atoms with Gasteiger partial charge in [-0.15, -0.1) is 0 Å². The molecule has 45 heavy (non-hydrogen) atoms. The molecule has 0 fully saturated rings. The van der Waals surface area contributed by atoms with Gasteiger partial charge in [-0.2, -0.15) is 0 Å². The third-order valence-corrected chi connectivity index (χ3v) is 8.83. The summed E-state index contributed by atoms with van der Waals surface area (Å²) in [6.07, 6.45) is 42.6. The minimum Gasteiger partial charge on any atom is -0.481 e. The van der Waals surface area contributed by atoms with E-state index in [0.717, 1.165) is 57.9 Å². The fourth-order valence-corrected chi connectivity index (χ4v) is 5.88. The molecule has 0 radical (unpaired) electrons. The van der Waals surface area contributed by atoms with Gasteiger partial charge in [0.25, 0.3) is 0 Å². The molecule has 264 valence electrons. The molecular weight excluding hydrogens is 560 g/mol. The SMILES string of the molecule is CC(N)C(CCCCCCCC/C=C\CCCCCCCC(=O)O)NCCCCCCCC/C=C\CCCCCCCC(=O)O. The van der Waals surface area contributed by atoms with E-state index in [9.17, 15) is 9.59 Å². The second kappa shape index (κ2) is 35.2. The van der Waals surface area contributed by atoms with Gasteiger partial charge in [0.1, 0.15) is 0 Å². The Kier molecular flexibility index (Phi) is 33.9. The molecule has 0 heterocycles. The molecule has 0 amide bonds. The Balaban J connectivity index is 3.46. The zero-order valence-electron chi connectivity index (χ0n) is 29.5. The van der Waals surface area contributed by atoms with Gasteiger partial charge in [-0.05, 0) is 90.5 Å². The maximum Gasteiger partial charge on any atom is 0.303 e. The van der Waals surface area contributed by atoms with E-state index >= 15 is 0 Å². The number of rotatable bonds is 36. The van der Waals surface area contributed by atoms with E-state index in [4.69, 9.17) is 15.9 Å². The van der Waals surface area contributed by atoms with Crippen molar-refractivity contribution in [2.24, 2.45) is 5.73 Å². The monoisotopic (exact) mass is 635 g/mol. The molecule has 0 aromatic rings. The lowest BCUT2D eigenvalue weighted by Gasteiger charge is -2.22. The van der Waals surface area contributed by atoms with Gasteiger partial charge >= 0.3 is 11.9 Å². The second-order valence-electron chi connectivity index (χ2n) is 13.4. The average molecular weight is 635 g/mol. The number of allylic oxidation sites excluding steroid dienone is 4. The molecule has 0 aliphatic rings. The molecule has 2 unspecified atom stereocenters. The highest BCUT2D eigenvalue weighted by molar-refractivity contribution is 5.66. The first-order valence-electron chi connectivity index (χ1n) is 19.2. The van der Waals surface area contributed by atoms with Crippen LogP contribution in [0, 0.1) is 0 Å². The molecule has 0 aromatic carbocycles. The summed E-state index contributed by atoms with van der Waals surface area (Å²) in [6, 6.07) is 0.661.